The van der Waals surface area contributed by atoms with Gasteiger partial charge in [-0.15, -0.1) is 6.58 Å². The van der Waals surface area contributed by atoms with Gasteiger partial charge in [0.2, 0.25) is 0 Å². The van der Waals surface area contributed by atoms with Gasteiger partial charge in [0.1, 0.15) is 0 Å². The van der Waals surface area contributed by atoms with E-state index >= 15 is 0 Å². The summed E-state index contributed by atoms with van der Waals surface area (Å²) in [6, 6.07) is 0. The highest BCUT2D eigenvalue weighted by Crippen LogP contribution is 1.85. The van der Waals surface area contributed by atoms with Gasteiger partial charge >= 0.3 is 5.97 Å². The lowest BCUT2D eigenvalue weighted by atomic mass is 10.5. The molecule has 0 amide bonds. The molecule has 0 spiro atoms. The molecule has 3 nitrogen and oxygen atoms in total. The number of hydrogen-bond donors (Lipinski definition) is 0. The molecule has 0 aromatic carbocycles. The third kappa shape index (κ3) is 9.17. The first kappa shape index (κ1) is 10.2. The zero-order valence-corrected chi connectivity index (χ0v) is 6.84. The molecule has 0 atom stereocenters. The molecule has 0 radical (unpaired) electrons. The second-order valence-electron chi connectivity index (χ2n) is 2.06. The van der Waals surface area contributed by atoms with E-state index in [0.717, 1.165) is 6.42 Å². The van der Waals surface area contributed by atoms with Gasteiger partial charge in [0.15, 0.2) is 0 Å². The molecule has 0 aromatic heterocycles. The summed E-state index contributed by atoms with van der Waals surface area (Å²) in [6.07, 6.45) is 2.43. The standard InChI is InChI=1S/C8H14O3/c1-3-5-10-6-4-7-11-8(2)9/h3H,1,4-7H2,2H3. The van der Waals surface area contributed by atoms with Gasteiger partial charge in [0, 0.05) is 13.3 Å². The Morgan fingerprint density at radius 3 is 2.82 bits per heavy atom. The van der Waals surface area contributed by atoms with Crippen LogP contribution in [0.1, 0.15) is 13.3 Å². The smallest absolute Gasteiger partial charge is 0.302 e. The zero-order chi connectivity index (χ0) is 8.53. The third-order valence-corrected chi connectivity index (χ3v) is 0.974. The van der Waals surface area contributed by atoms with E-state index in [0.29, 0.717) is 19.8 Å². The van der Waals surface area contributed by atoms with Crippen molar-refractivity contribution in [2.45, 2.75) is 13.3 Å². The predicted molar refractivity (Wildman–Crippen MR) is 42.3 cm³/mol. The number of esters is 1. The van der Waals surface area contributed by atoms with Crippen LogP contribution < -0.4 is 0 Å². The fraction of sp³-hybridized carbons (Fsp3) is 0.625. The Kier molecular flexibility index (Phi) is 6.73. The number of carbonyl (C=O) groups excluding carboxylic acids is 1. The Balaban J connectivity index is 2.90. The molecule has 0 aliphatic carbocycles. The number of rotatable bonds is 6. The average Bonchev–Trinajstić information content (AvgIpc) is 1.96. The number of hydrogen-bond acceptors (Lipinski definition) is 3. The fourth-order valence-corrected chi connectivity index (χ4v) is 0.544. The Morgan fingerprint density at radius 2 is 2.27 bits per heavy atom. The molecule has 0 fully saturated rings. The SMILES string of the molecule is C=CCOCCCOC(C)=O. The summed E-state index contributed by atoms with van der Waals surface area (Å²) < 4.78 is 9.73. The molecule has 0 rings (SSSR count). The van der Waals surface area contributed by atoms with Crippen LogP contribution in [0.2, 0.25) is 0 Å². The highest BCUT2D eigenvalue weighted by atomic mass is 16.5. The lowest BCUT2D eigenvalue weighted by Crippen LogP contribution is -2.04. The Bertz CT molecular complexity index is 121. The normalized spacial score (nSPS) is 9.18. The van der Waals surface area contributed by atoms with Crippen LogP contribution in [-0.2, 0) is 14.3 Å². The lowest BCUT2D eigenvalue weighted by Gasteiger charge is -2.01. The van der Waals surface area contributed by atoms with Gasteiger partial charge in [-0.25, -0.2) is 0 Å². The second-order valence-corrected chi connectivity index (χ2v) is 2.06. The van der Waals surface area contributed by atoms with Crippen LogP contribution >= 0.6 is 0 Å². The van der Waals surface area contributed by atoms with Crippen LogP contribution in [0.3, 0.4) is 0 Å². The summed E-state index contributed by atoms with van der Waals surface area (Å²) in [6.45, 7) is 6.49. The number of ether oxygens (including phenoxy) is 2. The highest BCUT2D eigenvalue weighted by Gasteiger charge is 1.91. The van der Waals surface area contributed by atoms with Crippen molar-refractivity contribution in [2.24, 2.45) is 0 Å². The van der Waals surface area contributed by atoms with Crippen molar-refractivity contribution in [1.29, 1.82) is 0 Å². The molecule has 0 unspecified atom stereocenters. The summed E-state index contributed by atoms with van der Waals surface area (Å²) in [5, 5.41) is 0. The minimum absolute atomic E-state index is 0.242. The van der Waals surface area contributed by atoms with Crippen molar-refractivity contribution in [1.82, 2.24) is 0 Å². The maximum atomic E-state index is 10.3. The van der Waals surface area contributed by atoms with Gasteiger partial charge in [0.05, 0.1) is 19.8 Å². The van der Waals surface area contributed by atoms with Gasteiger partial charge in [0.25, 0.3) is 0 Å². The lowest BCUT2D eigenvalue weighted by molar-refractivity contribution is -0.141. The van der Waals surface area contributed by atoms with Crippen molar-refractivity contribution in [3.05, 3.63) is 12.7 Å². The summed E-state index contributed by atoms with van der Waals surface area (Å²) in [5.41, 5.74) is 0. The van der Waals surface area contributed by atoms with Crippen LogP contribution in [0.5, 0.6) is 0 Å². The van der Waals surface area contributed by atoms with Crippen molar-refractivity contribution in [2.75, 3.05) is 19.8 Å². The van der Waals surface area contributed by atoms with Gasteiger partial charge in [-0.1, -0.05) is 6.08 Å². The minimum Gasteiger partial charge on any atom is -0.466 e. The summed E-state index contributed by atoms with van der Waals surface area (Å²) in [5.74, 6) is -0.242. The maximum absolute atomic E-state index is 10.3. The first-order valence-electron chi connectivity index (χ1n) is 3.59. The zero-order valence-electron chi connectivity index (χ0n) is 6.84. The first-order valence-corrected chi connectivity index (χ1v) is 3.59. The predicted octanol–water partition coefficient (Wildman–Crippen LogP) is 1.14. The number of carbonyl (C=O) groups is 1. The molecule has 0 saturated heterocycles. The maximum Gasteiger partial charge on any atom is 0.302 e. The molecule has 64 valence electrons. The van der Waals surface area contributed by atoms with Crippen LogP contribution in [0.15, 0.2) is 12.7 Å². The van der Waals surface area contributed by atoms with Gasteiger partial charge in [-0.05, 0) is 0 Å². The van der Waals surface area contributed by atoms with Crippen molar-refractivity contribution in [3.63, 3.8) is 0 Å². The Hall–Kier alpha value is -0.830. The summed E-state index contributed by atoms with van der Waals surface area (Å²) >= 11 is 0. The quantitative estimate of drug-likeness (QED) is 0.330. The Morgan fingerprint density at radius 1 is 1.55 bits per heavy atom. The molecular formula is C8H14O3. The molecule has 0 heterocycles. The van der Waals surface area contributed by atoms with E-state index in [1.807, 2.05) is 0 Å². The van der Waals surface area contributed by atoms with E-state index in [4.69, 9.17) is 4.74 Å². The monoisotopic (exact) mass is 158 g/mol. The molecule has 11 heavy (non-hydrogen) atoms. The van der Waals surface area contributed by atoms with Crippen LogP contribution in [0.4, 0.5) is 0 Å². The summed E-state index contributed by atoms with van der Waals surface area (Å²) in [7, 11) is 0. The average molecular weight is 158 g/mol. The van der Waals surface area contributed by atoms with E-state index in [1.165, 1.54) is 6.92 Å². The summed E-state index contributed by atoms with van der Waals surface area (Å²) in [4.78, 5) is 10.3. The first-order chi connectivity index (χ1) is 5.27. The molecule has 3 heteroatoms. The van der Waals surface area contributed by atoms with Gasteiger partial charge in [-0.2, -0.15) is 0 Å². The molecule has 0 aromatic rings. The molecule has 0 N–H and O–H groups in total. The van der Waals surface area contributed by atoms with Gasteiger partial charge in [-0.3, -0.25) is 4.79 Å². The van der Waals surface area contributed by atoms with E-state index < -0.39 is 0 Å². The fourth-order valence-electron chi connectivity index (χ4n) is 0.544. The van der Waals surface area contributed by atoms with Crippen molar-refractivity contribution < 1.29 is 14.3 Å². The second kappa shape index (κ2) is 7.28. The van der Waals surface area contributed by atoms with E-state index in [9.17, 15) is 4.79 Å². The molecule has 0 aliphatic heterocycles. The van der Waals surface area contributed by atoms with E-state index in [1.54, 1.807) is 6.08 Å². The topological polar surface area (TPSA) is 35.5 Å². The molecular weight excluding hydrogens is 144 g/mol. The van der Waals surface area contributed by atoms with Crippen molar-refractivity contribution >= 4 is 5.97 Å². The van der Waals surface area contributed by atoms with Crippen LogP contribution in [-0.4, -0.2) is 25.8 Å². The molecule has 0 saturated carbocycles. The van der Waals surface area contributed by atoms with E-state index in [2.05, 4.69) is 11.3 Å². The van der Waals surface area contributed by atoms with Crippen molar-refractivity contribution in [3.8, 4) is 0 Å². The molecule has 0 bridgehead atoms. The molecule has 0 aliphatic rings. The van der Waals surface area contributed by atoms with Crippen LogP contribution in [0.25, 0.3) is 0 Å². The largest absolute Gasteiger partial charge is 0.466 e. The third-order valence-electron chi connectivity index (χ3n) is 0.974. The highest BCUT2D eigenvalue weighted by molar-refractivity contribution is 5.65. The van der Waals surface area contributed by atoms with E-state index in [-0.39, 0.29) is 5.97 Å². The van der Waals surface area contributed by atoms with Crippen LogP contribution in [0, 0.1) is 0 Å². The minimum atomic E-state index is -0.242. The van der Waals surface area contributed by atoms with Gasteiger partial charge < -0.3 is 9.47 Å². The Labute approximate surface area is 67.0 Å².